The third-order valence-electron chi connectivity index (χ3n) is 5.15. The monoisotopic (exact) mass is 381 g/mol. The van der Waals surface area contributed by atoms with Crippen molar-refractivity contribution in [3.8, 4) is 0 Å². The van der Waals surface area contributed by atoms with Crippen LogP contribution in [-0.4, -0.2) is 47.6 Å². The van der Waals surface area contributed by atoms with Crippen LogP contribution in [0.5, 0.6) is 0 Å². The molecule has 0 aliphatic carbocycles. The Balaban J connectivity index is 1.58. The van der Waals surface area contributed by atoms with E-state index in [9.17, 15) is 0 Å². The van der Waals surface area contributed by atoms with Gasteiger partial charge < -0.3 is 10.6 Å². The van der Waals surface area contributed by atoms with Gasteiger partial charge in [0.05, 0.1) is 16.2 Å². The Morgan fingerprint density at radius 2 is 1.81 bits per heavy atom. The van der Waals surface area contributed by atoms with Crippen molar-refractivity contribution in [1.82, 2.24) is 14.9 Å². The molecule has 0 bridgehead atoms. The molecule has 1 aliphatic rings. The summed E-state index contributed by atoms with van der Waals surface area (Å²) in [5, 5.41) is 1.76. The zero-order valence-corrected chi connectivity index (χ0v) is 16.1. The van der Waals surface area contributed by atoms with Gasteiger partial charge >= 0.3 is 0 Å². The van der Waals surface area contributed by atoms with Crippen molar-refractivity contribution in [2.75, 3.05) is 37.6 Å². The minimum Gasteiger partial charge on any atom is -0.367 e. The fourth-order valence-electron chi connectivity index (χ4n) is 3.81. The molecule has 1 saturated heterocycles. The van der Waals surface area contributed by atoms with E-state index in [-0.39, 0.29) is 0 Å². The summed E-state index contributed by atoms with van der Waals surface area (Å²) in [6, 6.07) is 10.2. The molecule has 0 saturated carbocycles. The van der Waals surface area contributed by atoms with E-state index in [1.807, 2.05) is 30.7 Å². The minimum absolute atomic E-state index is 0.601. The van der Waals surface area contributed by atoms with Crippen LogP contribution in [0.4, 0.5) is 5.69 Å². The summed E-state index contributed by atoms with van der Waals surface area (Å²) in [5.74, 6) is 0. The molecule has 5 nitrogen and oxygen atoms in total. The van der Waals surface area contributed by atoms with Crippen molar-refractivity contribution in [2.24, 2.45) is 5.73 Å². The highest BCUT2D eigenvalue weighted by molar-refractivity contribution is 6.36. The molecule has 3 aromatic rings. The summed E-state index contributed by atoms with van der Waals surface area (Å²) in [6.45, 7) is 5.53. The van der Waals surface area contributed by atoms with Crippen molar-refractivity contribution in [2.45, 2.75) is 13.0 Å². The van der Waals surface area contributed by atoms with Crippen LogP contribution < -0.4 is 10.6 Å². The highest BCUT2D eigenvalue weighted by atomic mass is 35.5. The SMILES string of the molecule is NCCc1cc(Cl)c2cccnc2c1N1CCN(Cc2ccncc2)CC1. The number of anilines is 1. The van der Waals surface area contributed by atoms with Crippen LogP contribution in [0.1, 0.15) is 11.1 Å². The van der Waals surface area contributed by atoms with Crippen LogP contribution >= 0.6 is 11.6 Å². The van der Waals surface area contributed by atoms with Gasteiger partial charge in [0.1, 0.15) is 0 Å². The molecule has 2 aromatic heterocycles. The average Bonchev–Trinajstić information content (AvgIpc) is 2.70. The number of pyridine rings is 2. The van der Waals surface area contributed by atoms with Gasteiger partial charge in [0.2, 0.25) is 0 Å². The predicted octanol–water partition coefficient (Wildman–Crippen LogP) is 3.11. The molecule has 27 heavy (non-hydrogen) atoms. The zero-order chi connectivity index (χ0) is 18.6. The van der Waals surface area contributed by atoms with E-state index in [2.05, 4.69) is 38.0 Å². The van der Waals surface area contributed by atoms with Crippen LogP contribution in [-0.2, 0) is 13.0 Å². The number of benzene rings is 1. The van der Waals surface area contributed by atoms with E-state index in [0.717, 1.165) is 55.1 Å². The first kappa shape index (κ1) is 18.2. The molecule has 0 radical (unpaired) electrons. The Morgan fingerprint density at radius 1 is 1.04 bits per heavy atom. The van der Waals surface area contributed by atoms with Gasteiger partial charge in [-0.15, -0.1) is 0 Å². The second-order valence-electron chi connectivity index (χ2n) is 6.92. The highest BCUT2D eigenvalue weighted by Gasteiger charge is 2.22. The van der Waals surface area contributed by atoms with Gasteiger partial charge in [0.15, 0.2) is 0 Å². The Morgan fingerprint density at radius 3 is 2.56 bits per heavy atom. The quantitative estimate of drug-likeness (QED) is 0.735. The second-order valence-corrected chi connectivity index (χ2v) is 7.33. The lowest BCUT2D eigenvalue weighted by atomic mass is 10.0. The number of fused-ring (bicyclic) bond motifs is 1. The molecule has 1 aromatic carbocycles. The summed E-state index contributed by atoms with van der Waals surface area (Å²) in [6.07, 6.45) is 6.36. The lowest BCUT2D eigenvalue weighted by Gasteiger charge is -2.37. The molecule has 0 atom stereocenters. The number of piperazine rings is 1. The second kappa shape index (κ2) is 8.21. The maximum Gasteiger partial charge on any atom is 0.0953 e. The first-order chi connectivity index (χ1) is 13.3. The third-order valence-corrected chi connectivity index (χ3v) is 5.46. The Hall–Kier alpha value is -2.21. The standard InChI is InChI=1S/C21H24ClN5/c22-19-14-17(3-6-23)21(20-18(19)2-1-7-25-20)27-12-10-26(11-13-27)15-16-4-8-24-9-5-16/h1-2,4-5,7-9,14H,3,6,10-13,15,23H2. The minimum atomic E-state index is 0.601. The lowest BCUT2D eigenvalue weighted by molar-refractivity contribution is 0.250. The Kier molecular flexibility index (Phi) is 5.53. The van der Waals surface area contributed by atoms with Crippen LogP contribution in [0.25, 0.3) is 10.9 Å². The summed E-state index contributed by atoms with van der Waals surface area (Å²) < 4.78 is 0. The number of halogens is 1. The van der Waals surface area contributed by atoms with E-state index in [0.29, 0.717) is 6.54 Å². The molecule has 1 fully saturated rings. The molecule has 0 amide bonds. The first-order valence-corrected chi connectivity index (χ1v) is 9.76. The third kappa shape index (κ3) is 3.90. The Bertz CT molecular complexity index is 907. The fraction of sp³-hybridized carbons (Fsp3) is 0.333. The van der Waals surface area contributed by atoms with E-state index in [1.165, 1.54) is 16.8 Å². The molecule has 2 N–H and O–H groups in total. The van der Waals surface area contributed by atoms with E-state index >= 15 is 0 Å². The smallest absolute Gasteiger partial charge is 0.0953 e. The maximum atomic E-state index is 6.51. The van der Waals surface area contributed by atoms with Crippen LogP contribution in [0.15, 0.2) is 48.9 Å². The van der Waals surface area contributed by atoms with Gasteiger partial charge in [-0.25, -0.2) is 0 Å². The molecule has 4 rings (SSSR count). The van der Waals surface area contributed by atoms with Gasteiger partial charge in [0, 0.05) is 56.7 Å². The average molecular weight is 382 g/mol. The van der Waals surface area contributed by atoms with Crippen molar-refractivity contribution in [3.63, 3.8) is 0 Å². The summed E-state index contributed by atoms with van der Waals surface area (Å²) >= 11 is 6.51. The highest BCUT2D eigenvalue weighted by Crippen LogP contribution is 2.35. The number of hydrogen-bond donors (Lipinski definition) is 1. The van der Waals surface area contributed by atoms with Crippen LogP contribution in [0, 0.1) is 0 Å². The number of hydrogen-bond acceptors (Lipinski definition) is 5. The number of nitrogens with zero attached hydrogens (tertiary/aromatic N) is 4. The normalized spacial score (nSPS) is 15.4. The molecule has 0 unspecified atom stereocenters. The molecule has 3 heterocycles. The van der Waals surface area contributed by atoms with E-state index in [1.54, 1.807) is 0 Å². The Labute approximate surface area is 164 Å². The van der Waals surface area contributed by atoms with Crippen molar-refractivity contribution in [1.29, 1.82) is 0 Å². The summed E-state index contributed by atoms with van der Waals surface area (Å²) in [4.78, 5) is 13.7. The first-order valence-electron chi connectivity index (χ1n) is 9.38. The largest absolute Gasteiger partial charge is 0.367 e. The van der Waals surface area contributed by atoms with Crippen LogP contribution in [0.2, 0.25) is 5.02 Å². The fourth-order valence-corrected chi connectivity index (χ4v) is 4.10. The van der Waals surface area contributed by atoms with Crippen molar-refractivity contribution < 1.29 is 0 Å². The number of rotatable bonds is 5. The number of aromatic nitrogens is 2. The number of nitrogens with two attached hydrogens (primary N) is 1. The van der Waals surface area contributed by atoms with Crippen molar-refractivity contribution in [3.05, 3.63) is 65.1 Å². The van der Waals surface area contributed by atoms with Gasteiger partial charge in [0.25, 0.3) is 0 Å². The molecular formula is C21H24ClN5. The predicted molar refractivity (Wildman–Crippen MR) is 111 cm³/mol. The van der Waals surface area contributed by atoms with Gasteiger partial charge in [-0.2, -0.15) is 0 Å². The molecule has 0 spiro atoms. The molecule has 6 heteroatoms. The topological polar surface area (TPSA) is 58.3 Å². The van der Waals surface area contributed by atoms with Gasteiger partial charge in [-0.3, -0.25) is 14.9 Å². The molecule has 1 aliphatic heterocycles. The van der Waals surface area contributed by atoms with E-state index < -0.39 is 0 Å². The lowest BCUT2D eigenvalue weighted by Crippen LogP contribution is -2.46. The van der Waals surface area contributed by atoms with Crippen LogP contribution in [0.3, 0.4) is 0 Å². The van der Waals surface area contributed by atoms with E-state index in [4.69, 9.17) is 17.3 Å². The molecular weight excluding hydrogens is 358 g/mol. The van der Waals surface area contributed by atoms with Gasteiger partial charge in [-0.1, -0.05) is 11.6 Å². The molecule has 140 valence electrons. The maximum absolute atomic E-state index is 6.51. The zero-order valence-electron chi connectivity index (χ0n) is 15.3. The summed E-state index contributed by atoms with van der Waals surface area (Å²) in [5.41, 5.74) is 10.5. The van der Waals surface area contributed by atoms with Crippen molar-refractivity contribution >= 4 is 28.2 Å². The van der Waals surface area contributed by atoms with Gasteiger partial charge in [-0.05, 0) is 54.4 Å². The summed E-state index contributed by atoms with van der Waals surface area (Å²) in [7, 11) is 0.